The van der Waals surface area contributed by atoms with E-state index in [1.807, 2.05) is 38.1 Å². The summed E-state index contributed by atoms with van der Waals surface area (Å²) in [7, 11) is 1.79. The number of amides is 1. The maximum atomic E-state index is 12.3. The number of aryl methyl sites for hydroxylation is 2. The molecule has 0 aliphatic heterocycles. The lowest BCUT2D eigenvalue weighted by Crippen LogP contribution is -2.26. The third kappa shape index (κ3) is 3.33. The topological polar surface area (TPSA) is 33.2 Å². The Kier molecular flexibility index (Phi) is 4.22. The summed E-state index contributed by atoms with van der Waals surface area (Å²) >= 11 is 7.38. The van der Waals surface area contributed by atoms with Crippen LogP contribution in [0.3, 0.4) is 0 Å². The molecule has 0 N–H and O–H groups in total. The lowest BCUT2D eigenvalue weighted by Gasteiger charge is -2.16. The van der Waals surface area contributed by atoms with Crippen molar-refractivity contribution in [3.8, 4) is 0 Å². The molecule has 1 aromatic heterocycles. The van der Waals surface area contributed by atoms with Gasteiger partial charge in [-0.05, 0) is 31.5 Å². The summed E-state index contributed by atoms with van der Waals surface area (Å²) in [5.74, 6) is 0.00285. The Bertz CT molecular complexity index is 609. The number of carbonyl (C=O) groups excluding carboxylic acids is 1. The van der Waals surface area contributed by atoms with Gasteiger partial charge in [-0.3, -0.25) is 4.79 Å². The molecule has 0 saturated heterocycles. The minimum atomic E-state index is 0.00285. The number of halogens is 1. The highest BCUT2D eigenvalue weighted by Crippen LogP contribution is 2.20. The average Bonchev–Trinajstić information content (AvgIpc) is 2.67. The van der Waals surface area contributed by atoms with Crippen molar-refractivity contribution in [1.29, 1.82) is 0 Å². The number of nitrogens with zero attached hydrogens (tertiary/aromatic N) is 2. The number of thiazole rings is 1. The van der Waals surface area contributed by atoms with E-state index in [9.17, 15) is 4.79 Å². The van der Waals surface area contributed by atoms with E-state index >= 15 is 0 Å². The van der Waals surface area contributed by atoms with Crippen LogP contribution in [0, 0.1) is 13.8 Å². The predicted molar refractivity (Wildman–Crippen MR) is 78.8 cm³/mol. The Balaban J connectivity index is 2.14. The first-order valence-electron chi connectivity index (χ1n) is 5.91. The molecular weight excluding hydrogens is 280 g/mol. The van der Waals surface area contributed by atoms with Crippen molar-refractivity contribution in [2.75, 3.05) is 7.05 Å². The summed E-state index contributed by atoms with van der Waals surface area (Å²) < 4.78 is 0. The fraction of sp³-hybridized carbons (Fsp3) is 0.286. The van der Waals surface area contributed by atoms with Crippen LogP contribution in [0.1, 0.15) is 25.9 Å². The van der Waals surface area contributed by atoms with Crippen molar-refractivity contribution < 1.29 is 4.79 Å². The predicted octanol–water partition coefficient (Wildman–Crippen LogP) is 3.69. The molecule has 2 rings (SSSR count). The summed E-state index contributed by atoms with van der Waals surface area (Å²) in [4.78, 5) is 19.0. The van der Waals surface area contributed by atoms with Gasteiger partial charge in [0, 0.05) is 18.6 Å². The zero-order chi connectivity index (χ0) is 14.0. The second kappa shape index (κ2) is 5.72. The largest absolute Gasteiger partial charge is 0.337 e. The van der Waals surface area contributed by atoms with E-state index in [1.54, 1.807) is 11.9 Å². The quantitative estimate of drug-likeness (QED) is 0.865. The number of carbonyl (C=O) groups is 1. The van der Waals surface area contributed by atoms with Gasteiger partial charge in [-0.1, -0.05) is 23.7 Å². The number of rotatable bonds is 3. The van der Waals surface area contributed by atoms with Crippen molar-refractivity contribution in [2.45, 2.75) is 20.4 Å². The molecule has 100 valence electrons. The minimum absolute atomic E-state index is 0.00285. The number of hydrogen-bond acceptors (Lipinski definition) is 3. The first kappa shape index (κ1) is 14.0. The van der Waals surface area contributed by atoms with Gasteiger partial charge in [0.25, 0.3) is 5.91 Å². The molecule has 0 aliphatic carbocycles. The van der Waals surface area contributed by atoms with Gasteiger partial charge >= 0.3 is 0 Å². The second-order valence-corrected chi connectivity index (χ2v) is 6.08. The van der Waals surface area contributed by atoms with Crippen LogP contribution in [-0.4, -0.2) is 22.8 Å². The highest BCUT2D eigenvalue weighted by molar-refractivity contribution is 7.13. The van der Waals surface area contributed by atoms with Gasteiger partial charge in [0.1, 0.15) is 4.88 Å². The first-order chi connectivity index (χ1) is 8.97. The van der Waals surface area contributed by atoms with Gasteiger partial charge in [0.15, 0.2) is 0 Å². The van der Waals surface area contributed by atoms with Gasteiger partial charge in [-0.15, -0.1) is 11.3 Å². The molecule has 0 unspecified atom stereocenters. The molecule has 3 nitrogen and oxygen atoms in total. The van der Waals surface area contributed by atoms with Crippen molar-refractivity contribution in [2.24, 2.45) is 0 Å². The summed E-state index contributed by atoms with van der Waals surface area (Å²) in [6, 6.07) is 7.54. The number of aromatic nitrogens is 1. The normalized spacial score (nSPS) is 10.5. The van der Waals surface area contributed by atoms with Gasteiger partial charge < -0.3 is 4.90 Å². The monoisotopic (exact) mass is 294 g/mol. The van der Waals surface area contributed by atoms with Gasteiger partial charge in [-0.25, -0.2) is 4.98 Å². The highest BCUT2D eigenvalue weighted by Gasteiger charge is 2.18. The van der Waals surface area contributed by atoms with Crippen molar-refractivity contribution in [3.05, 3.63) is 50.4 Å². The molecule has 0 atom stereocenters. The van der Waals surface area contributed by atoms with Crippen LogP contribution in [0.2, 0.25) is 5.02 Å². The van der Waals surface area contributed by atoms with Crippen LogP contribution in [0.25, 0.3) is 0 Å². The molecule has 1 aromatic carbocycles. The Morgan fingerprint density at radius 1 is 1.42 bits per heavy atom. The van der Waals surface area contributed by atoms with Gasteiger partial charge in [0.05, 0.1) is 10.7 Å². The number of benzene rings is 1. The molecule has 0 radical (unpaired) electrons. The third-order valence-electron chi connectivity index (χ3n) is 2.75. The molecule has 0 fully saturated rings. The Morgan fingerprint density at radius 2 is 2.16 bits per heavy atom. The van der Waals surface area contributed by atoms with Crippen molar-refractivity contribution in [1.82, 2.24) is 9.88 Å². The first-order valence-corrected chi connectivity index (χ1v) is 7.10. The molecule has 1 amide bonds. The molecule has 5 heteroatoms. The SMILES string of the molecule is Cc1nc(C)c(C(=O)N(C)Cc2cccc(Cl)c2)s1. The third-order valence-corrected chi connectivity index (χ3v) is 4.05. The van der Waals surface area contributed by atoms with Crippen LogP contribution in [0.4, 0.5) is 0 Å². The Labute approximate surface area is 121 Å². The molecular formula is C14H15ClN2OS. The van der Waals surface area contributed by atoms with E-state index in [0.29, 0.717) is 16.4 Å². The van der Waals surface area contributed by atoms with E-state index in [1.165, 1.54) is 11.3 Å². The molecule has 1 heterocycles. The van der Waals surface area contributed by atoms with Gasteiger partial charge in [0.2, 0.25) is 0 Å². The molecule has 0 saturated carbocycles. The van der Waals surface area contributed by atoms with E-state index in [0.717, 1.165) is 16.3 Å². The molecule has 0 spiro atoms. The summed E-state index contributed by atoms with van der Waals surface area (Å²) in [6.45, 7) is 4.31. The van der Waals surface area contributed by atoms with Crippen LogP contribution >= 0.6 is 22.9 Å². The fourth-order valence-electron chi connectivity index (χ4n) is 1.88. The fourth-order valence-corrected chi connectivity index (χ4v) is 3.01. The maximum Gasteiger partial charge on any atom is 0.265 e. The van der Waals surface area contributed by atoms with Crippen molar-refractivity contribution >= 4 is 28.8 Å². The number of hydrogen-bond donors (Lipinski definition) is 0. The average molecular weight is 295 g/mol. The Morgan fingerprint density at radius 3 is 2.74 bits per heavy atom. The minimum Gasteiger partial charge on any atom is -0.337 e. The van der Waals surface area contributed by atoms with E-state index in [4.69, 9.17) is 11.6 Å². The lowest BCUT2D eigenvalue weighted by atomic mass is 10.2. The molecule has 2 aromatic rings. The molecule has 0 bridgehead atoms. The van der Waals surface area contributed by atoms with E-state index < -0.39 is 0 Å². The van der Waals surface area contributed by atoms with Crippen LogP contribution in [0.5, 0.6) is 0 Å². The van der Waals surface area contributed by atoms with Gasteiger partial charge in [-0.2, -0.15) is 0 Å². The van der Waals surface area contributed by atoms with E-state index in [2.05, 4.69) is 4.98 Å². The standard InChI is InChI=1S/C14H15ClN2OS/c1-9-13(19-10(2)16-9)14(18)17(3)8-11-5-4-6-12(15)7-11/h4-7H,8H2,1-3H3. The Hall–Kier alpha value is -1.39. The van der Waals surface area contributed by atoms with Crippen LogP contribution in [0.15, 0.2) is 24.3 Å². The van der Waals surface area contributed by atoms with Crippen LogP contribution in [-0.2, 0) is 6.54 Å². The van der Waals surface area contributed by atoms with E-state index in [-0.39, 0.29) is 5.91 Å². The lowest BCUT2D eigenvalue weighted by molar-refractivity contribution is 0.0789. The van der Waals surface area contributed by atoms with Crippen molar-refractivity contribution in [3.63, 3.8) is 0 Å². The molecule has 0 aliphatic rings. The summed E-state index contributed by atoms with van der Waals surface area (Å²) in [5, 5.41) is 1.60. The zero-order valence-corrected chi connectivity index (χ0v) is 12.7. The smallest absolute Gasteiger partial charge is 0.265 e. The highest BCUT2D eigenvalue weighted by atomic mass is 35.5. The maximum absolute atomic E-state index is 12.3. The zero-order valence-electron chi connectivity index (χ0n) is 11.1. The molecule has 19 heavy (non-hydrogen) atoms. The summed E-state index contributed by atoms with van der Waals surface area (Å²) in [6.07, 6.45) is 0. The summed E-state index contributed by atoms with van der Waals surface area (Å²) in [5.41, 5.74) is 1.81. The second-order valence-electron chi connectivity index (χ2n) is 4.44. The van der Waals surface area contributed by atoms with Crippen LogP contribution < -0.4 is 0 Å².